The lowest BCUT2D eigenvalue weighted by atomic mass is 10.1. The maximum absolute atomic E-state index is 5.99. The summed E-state index contributed by atoms with van der Waals surface area (Å²) in [4.78, 5) is 0. The Balaban J connectivity index is 3.15. The quantitative estimate of drug-likeness (QED) is 0.796. The van der Waals surface area contributed by atoms with Gasteiger partial charge >= 0.3 is 0 Å². The van der Waals surface area contributed by atoms with Crippen LogP contribution in [-0.2, 0) is 0 Å². The Morgan fingerprint density at radius 3 is 2.83 bits per heavy atom. The molecule has 0 unspecified atom stereocenters. The lowest BCUT2D eigenvalue weighted by Gasteiger charge is -2.09. The van der Waals surface area contributed by atoms with Crippen LogP contribution in [0.5, 0.6) is 0 Å². The Hall–Kier alpha value is -0.310. The molecule has 0 aliphatic heterocycles. The summed E-state index contributed by atoms with van der Waals surface area (Å²) in [5.41, 5.74) is 6.63. The predicted octanol–water partition coefficient (Wildman–Crippen LogP) is 3.29. The van der Waals surface area contributed by atoms with Gasteiger partial charge in [-0.3, -0.25) is 0 Å². The van der Waals surface area contributed by atoms with E-state index in [9.17, 15) is 0 Å². The van der Waals surface area contributed by atoms with Crippen molar-refractivity contribution in [3.63, 3.8) is 0 Å². The van der Waals surface area contributed by atoms with Gasteiger partial charge < -0.3 is 5.73 Å². The first-order chi connectivity index (χ1) is 5.66. The largest absolute Gasteiger partial charge is 0.321 e. The van der Waals surface area contributed by atoms with Crippen LogP contribution in [0.2, 0.25) is 5.02 Å². The lowest BCUT2D eigenvalue weighted by molar-refractivity contribution is 0.913. The maximum Gasteiger partial charge on any atom is 0.0599 e. The van der Waals surface area contributed by atoms with E-state index >= 15 is 0 Å². The second-order valence-corrected chi connectivity index (χ2v) is 3.64. The molecule has 1 rings (SSSR count). The summed E-state index contributed by atoms with van der Waals surface area (Å²) in [5.74, 6) is 0. The van der Waals surface area contributed by atoms with Crippen molar-refractivity contribution in [3.8, 4) is 0 Å². The summed E-state index contributed by atoms with van der Waals surface area (Å²) in [7, 11) is 0. The van der Waals surface area contributed by atoms with E-state index in [1.165, 1.54) is 0 Å². The minimum Gasteiger partial charge on any atom is -0.321 e. The minimum atomic E-state index is -0.199. The highest BCUT2D eigenvalue weighted by molar-refractivity contribution is 9.10. The average molecular weight is 247 g/mol. The molecule has 0 heterocycles. The zero-order valence-electron chi connectivity index (χ0n) is 6.43. The topological polar surface area (TPSA) is 26.0 Å². The van der Waals surface area contributed by atoms with Gasteiger partial charge in [-0.05, 0) is 27.6 Å². The number of halogens is 2. The fourth-order valence-electron chi connectivity index (χ4n) is 0.905. The van der Waals surface area contributed by atoms with E-state index in [-0.39, 0.29) is 6.04 Å². The van der Waals surface area contributed by atoms with E-state index in [2.05, 4.69) is 22.5 Å². The third kappa shape index (κ3) is 1.89. The third-order valence-electron chi connectivity index (χ3n) is 1.59. The number of nitrogens with two attached hydrogens (primary N) is 1. The van der Waals surface area contributed by atoms with Crippen molar-refractivity contribution in [1.82, 2.24) is 0 Å². The molecule has 0 fully saturated rings. The Morgan fingerprint density at radius 1 is 1.58 bits per heavy atom. The molecule has 0 saturated carbocycles. The molecule has 0 spiro atoms. The molecule has 0 amide bonds. The van der Waals surface area contributed by atoms with Crippen molar-refractivity contribution >= 4 is 27.5 Å². The van der Waals surface area contributed by atoms with E-state index < -0.39 is 0 Å². The van der Waals surface area contributed by atoms with Gasteiger partial charge in [-0.2, -0.15) is 0 Å². The van der Waals surface area contributed by atoms with Crippen LogP contribution in [0.1, 0.15) is 11.6 Å². The number of hydrogen-bond donors (Lipinski definition) is 1. The molecule has 0 aliphatic carbocycles. The lowest BCUT2D eigenvalue weighted by Crippen LogP contribution is -2.06. The molecule has 2 N–H and O–H groups in total. The number of benzene rings is 1. The maximum atomic E-state index is 5.99. The molecule has 0 radical (unpaired) electrons. The van der Waals surface area contributed by atoms with Gasteiger partial charge in [-0.25, -0.2) is 0 Å². The van der Waals surface area contributed by atoms with Crippen molar-refractivity contribution in [3.05, 3.63) is 45.9 Å². The second-order valence-electron chi connectivity index (χ2n) is 2.40. The average Bonchev–Trinajstić information content (AvgIpc) is 2.08. The van der Waals surface area contributed by atoms with Crippen LogP contribution in [0.3, 0.4) is 0 Å². The fraction of sp³-hybridized carbons (Fsp3) is 0.111. The molecular weight excluding hydrogens is 237 g/mol. The molecule has 0 aromatic heterocycles. The minimum absolute atomic E-state index is 0.199. The first-order valence-corrected chi connectivity index (χ1v) is 4.66. The second kappa shape index (κ2) is 4.08. The van der Waals surface area contributed by atoms with Gasteiger partial charge in [-0.15, -0.1) is 6.58 Å². The molecule has 0 bridgehead atoms. The van der Waals surface area contributed by atoms with Crippen molar-refractivity contribution in [2.24, 2.45) is 5.73 Å². The van der Waals surface area contributed by atoms with Gasteiger partial charge in [0.25, 0.3) is 0 Å². The number of hydrogen-bond acceptors (Lipinski definition) is 1. The molecule has 1 nitrogen and oxygen atoms in total. The van der Waals surface area contributed by atoms with Crippen LogP contribution in [0.4, 0.5) is 0 Å². The molecular formula is C9H9BrClN. The smallest absolute Gasteiger partial charge is 0.0599 e. The van der Waals surface area contributed by atoms with Crippen molar-refractivity contribution in [2.45, 2.75) is 6.04 Å². The first-order valence-electron chi connectivity index (χ1n) is 3.49. The fourth-order valence-corrected chi connectivity index (χ4v) is 1.54. The standard InChI is InChI=1S/C9H9BrClN/c1-2-8(12)6-4-3-5-7(10)9(6)11/h2-5,8H,1,12H2/t8-/m0/s1. The van der Waals surface area contributed by atoms with Gasteiger partial charge in [0.1, 0.15) is 0 Å². The Kier molecular flexibility index (Phi) is 3.32. The van der Waals surface area contributed by atoms with Gasteiger partial charge in [-0.1, -0.05) is 29.8 Å². The van der Waals surface area contributed by atoms with E-state index in [0.717, 1.165) is 10.0 Å². The van der Waals surface area contributed by atoms with Crippen LogP contribution in [0.25, 0.3) is 0 Å². The molecule has 1 aromatic rings. The zero-order valence-corrected chi connectivity index (χ0v) is 8.77. The van der Waals surface area contributed by atoms with E-state index in [0.29, 0.717) is 5.02 Å². The van der Waals surface area contributed by atoms with Crippen LogP contribution < -0.4 is 5.73 Å². The highest BCUT2D eigenvalue weighted by atomic mass is 79.9. The van der Waals surface area contributed by atoms with Crippen molar-refractivity contribution in [2.75, 3.05) is 0 Å². The summed E-state index contributed by atoms with van der Waals surface area (Å²) < 4.78 is 0.860. The summed E-state index contributed by atoms with van der Waals surface area (Å²) in [6.07, 6.45) is 1.66. The van der Waals surface area contributed by atoms with Crippen LogP contribution >= 0.6 is 27.5 Å². The Bertz CT molecular complexity index is 299. The molecule has 3 heteroatoms. The molecule has 64 valence electrons. The Morgan fingerprint density at radius 2 is 2.25 bits per heavy atom. The number of rotatable bonds is 2. The van der Waals surface area contributed by atoms with Crippen LogP contribution in [0, 0.1) is 0 Å². The van der Waals surface area contributed by atoms with Gasteiger partial charge in [0.15, 0.2) is 0 Å². The molecule has 0 saturated heterocycles. The highest BCUT2D eigenvalue weighted by Crippen LogP contribution is 2.29. The molecule has 1 aromatic carbocycles. The Labute approximate surface area is 85.3 Å². The van der Waals surface area contributed by atoms with Crippen LogP contribution in [-0.4, -0.2) is 0 Å². The zero-order chi connectivity index (χ0) is 9.14. The summed E-state index contributed by atoms with van der Waals surface area (Å²) in [6, 6.07) is 5.46. The SMILES string of the molecule is C=C[C@H](N)c1cccc(Br)c1Cl. The summed E-state index contributed by atoms with van der Waals surface area (Å²) in [5, 5.41) is 0.657. The monoisotopic (exact) mass is 245 g/mol. The summed E-state index contributed by atoms with van der Waals surface area (Å²) in [6.45, 7) is 3.61. The van der Waals surface area contributed by atoms with Gasteiger partial charge in [0.05, 0.1) is 5.02 Å². The van der Waals surface area contributed by atoms with E-state index in [4.69, 9.17) is 17.3 Å². The molecule has 12 heavy (non-hydrogen) atoms. The highest BCUT2D eigenvalue weighted by Gasteiger charge is 2.07. The molecule has 1 atom stereocenters. The van der Waals surface area contributed by atoms with Crippen molar-refractivity contribution in [1.29, 1.82) is 0 Å². The molecule has 0 aliphatic rings. The predicted molar refractivity (Wildman–Crippen MR) is 56.3 cm³/mol. The van der Waals surface area contributed by atoms with Gasteiger partial charge in [0, 0.05) is 10.5 Å². The van der Waals surface area contributed by atoms with E-state index in [1.54, 1.807) is 6.08 Å². The van der Waals surface area contributed by atoms with Gasteiger partial charge in [0.2, 0.25) is 0 Å². The first kappa shape index (κ1) is 9.78. The summed E-state index contributed by atoms with van der Waals surface area (Å²) >= 11 is 9.31. The third-order valence-corrected chi connectivity index (χ3v) is 2.91. The van der Waals surface area contributed by atoms with Crippen LogP contribution in [0.15, 0.2) is 35.3 Å². The van der Waals surface area contributed by atoms with E-state index in [1.807, 2.05) is 18.2 Å². The van der Waals surface area contributed by atoms with Crippen molar-refractivity contribution < 1.29 is 0 Å². The normalized spacial score (nSPS) is 12.6.